The van der Waals surface area contributed by atoms with Crippen molar-refractivity contribution in [1.82, 2.24) is 0 Å². The van der Waals surface area contributed by atoms with Crippen molar-refractivity contribution in [1.29, 1.82) is 0 Å². The Bertz CT molecular complexity index is 645. The number of halogens is 1. The summed E-state index contributed by atoms with van der Waals surface area (Å²) >= 11 is 3.42. The molecule has 2 aromatic rings. The van der Waals surface area contributed by atoms with Crippen LogP contribution < -0.4 is 5.32 Å². The molecule has 1 amide bonds. The molecule has 0 bridgehead atoms. The first kappa shape index (κ1) is 14.3. The average Bonchev–Trinajstić information content (AvgIpc) is 3.30. The Morgan fingerprint density at radius 3 is 2.24 bits per heavy atom. The fraction of sp³-hybridized carbons (Fsp3) is 0.235. The minimum absolute atomic E-state index is 0.0110. The van der Waals surface area contributed by atoms with Gasteiger partial charge in [-0.15, -0.1) is 0 Å². The molecule has 2 aromatic carbocycles. The van der Waals surface area contributed by atoms with Gasteiger partial charge in [0.25, 0.3) is 0 Å². The number of carbonyl (C=O) groups is 1. The van der Waals surface area contributed by atoms with Crippen LogP contribution in [-0.2, 0) is 16.8 Å². The quantitative estimate of drug-likeness (QED) is 0.889. The average molecular weight is 346 g/mol. The van der Waals surface area contributed by atoms with Crippen molar-refractivity contribution in [2.75, 3.05) is 5.32 Å². The van der Waals surface area contributed by atoms with Crippen molar-refractivity contribution in [3.63, 3.8) is 0 Å². The van der Waals surface area contributed by atoms with E-state index in [9.17, 15) is 4.79 Å². The molecule has 0 saturated heterocycles. The number of aliphatic hydroxyl groups is 1. The Balaban J connectivity index is 1.76. The first-order valence-electron chi connectivity index (χ1n) is 6.91. The first-order chi connectivity index (χ1) is 10.1. The number of carbonyl (C=O) groups excluding carboxylic acids is 1. The summed E-state index contributed by atoms with van der Waals surface area (Å²) < 4.78 is 1.02. The van der Waals surface area contributed by atoms with Crippen molar-refractivity contribution in [2.45, 2.75) is 24.9 Å². The number of hydrogen-bond acceptors (Lipinski definition) is 2. The van der Waals surface area contributed by atoms with E-state index in [1.807, 2.05) is 48.5 Å². The molecule has 0 heterocycles. The number of rotatable bonds is 4. The van der Waals surface area contributed by atoms with Gasteiger partial charge in [0, 0.05) is 10.2 Å². The van der Waals surface area contributed by atoms with E-state index in [1.54, 1.807) is 0 Å². The Kier molecular flexibility index (Phi) is 3.83. The maximum absolute atomic E-state index is 12.6. The minimum Gasteiger partial charge on any atom is -0.392 e. The SMILES string of the molecule is O=C(Nc1ccc(CO)cc1)C1(c2ccc(Br)cc2)CC1. The summed E-state index contributed by atoms with van der Waals surface area (Å²) in [5.74, 6) is 0.0431. The molecule has 3 rings (SSSR count). The zero-order valence-corrected chi connectivity index (χ0v) is 13.1. The molecule has 4 heteroatoms. The monoisotopic (exact) mass is 345 g/mol. The van der Waals surface area contributed by atoms with Crippen LogP contribution in [-0.4, -0.2) is 11.0 Å². The molecular formula is C17H16BrNO2. The number of nitrogens with one attached hydrogen (secondary N) is 1. The van der Waals surface area contributed by atoms with Crippen LogP contribution in [0.3, 0.4) is 0 Å². The molecule has 1 saturated carbocycles. The Morgan fingerprint density at radius 1 is 1.10 bits per heavy atom. The molecule has 0 radical (unpaired) electrons. The van der Waals surface area contributed by atoms with Crippen molar-refractivity contribution in [2.24, 2.45) is 0 Å². The normalized spacial score (nSPS) is 15.5. The maximum atomic E-state index is 12.6. The summed E-state index contributed by atoms with van der Waals surface area (Å²) in [6, 6.07) is 15.2. The molecule has 3 nitrogen and oxygen atoms in total. The Hall–Kier alpha value is -1.65. The molecule has 0 atom stereocenters. The molecule has 1 aliphatic carbocycles. The fourth-order valence-corrected chi connectivity index (χ4v) is 2.75. The van der Waals surface area contributed by atoms with Crippen molar-refractivity contribution >= 4 is 27.5 Å². The van der Waals surface area contributed by atoms with E-state index in [1.165, 1.54) is 0 Å². The number of aliphatic hydroxyl groups excluding tert-OH is 1. The topological polar surface area (TPSA) is 49.3 Å². The molecule has 21 heavy (non-hydrogen) atoms. The van der Waals surface area contributed by atoms with Crippen molar-refractivity contribution < 1.29 is 9.90 Å². The second-order valence-electron chi connectivity index (χ2n) is 5.40. The van der Waals surface area contributed by atoms with Gasteiger partial charge in [-0.05, 0) is 48.2 Å². The first-order valence-corrected chi connectivity index (χ1v) is 7.71. The summed E-state index contributed by atoms with van der Waals surface area (Å²) in [7, 11) is 0. The third kappa shape index (κ3) is 2.87. The van der Waals surface area contributed by atoms with Gasteiger partial charge in [-0.2, -0.15) is 0 Å². The molecule has 0 unspecified atom stereocenters. The lowest BCUT2D eigenvalue weighted by molar-refractivity contribution is -0.118. The number of benzene rings is 2. The predicted molar refractivity (Wildman–Crippen MR) is 86.0 cm³/mol. The summed E-state index contributed by atoms with van der Waals surface area (Å²) in [4.78, 5) is 12.6. The van der Waals surface area contributed by atoms with Crippen LogP contribution in [0.1, 0.15) is 24.0 Å². The Labute approximate surface area is 132 Å². The van der Waals surface area contributed by atoms with E-state index in [0.29, 0.717) is 0 Å². The zero-order chi connectivity index (χ0) is 14.9. The van der Waals surface area contributed by atoms with Crippen molar-refractivity contribution in [3.05, 3.63) is 64.1 Å². The molecule has 2 N–H and O–H groups in total. The number of hydrogen-bond donors (Lipinski definition) is 2. The van der Waals surface area contributed by atoms with E-state index >= 15 is 0 Å². The molecule has 0 aliphatic heterocycles. The van der Waals surface area contributed by atoms with Crippen LogP contribution in [0, 0.1) is 0 Å². The summed E-state index contributed by atoms with van der Waals surface area (Å²) in [5.41, 5.74) is 2.29. The largest absolute Gasteiger partial charge is 0.392 e. The van der Waals surface area contributed by atoms with E-state index in [0.717, 1.165) is 34.1 Å². The zero-order valence-electron chi connectivity index (χ0n) is 11.5. The van der Waals surface area contributed by atoms with Gasteiger partial charge in [-0.3, -0.25) is 4.79 Å². The van der Waals surface area contributed by atoms with Gasteiger partial charge in [0.05, 0.1) is 12.0 Å². The minimum atomic E-state index is -0.379. The van der Waals surface area contributed by atoms with Crippen LogP contribution in [0.25, 0.3) is 0 Å². The van der Waals surface area contributed by atoms with Gasteiger partial charge in [-0.25, -0.2) is 0 Å². The highest BCUT2D eigenvalue weighted by Crippen LogP contribution is 2.49. The molecule has 108 valence electrons. The lowest BCUT2D eigenvalue weighted by Crippen LogP contribution is -2.27. The van der Waals surface area contributed by atoms with Crippen LogP contribution in [0.4, 0.5) is 5.69 Å². The summed E-state index contributed by atoms with van der Waals surface area (Å²) in [6.07, 6.45) is 1.77. The van der Waals surface area contributed by atoms with Crippen LogP contribution in [0.5, 0.6) is 0 Å². The fourth-order valence-electron chi connectivity index (χ4n) is 2.48. The van der Waals surface area contributed by atoms with E-state index in [2.05, 4.69) is 21.2 Å². The van der Waals surface area contributed by atoms with E-state index in [-0.39, 0.29) is 17.9 Å². The van der Waals surface area contributed by atoms with Gasteiger partial charge in [-0.1, -0.05) is 40.2 Å². The van der Waals surface area contributed by atoms with Gasteiger partial charge in [0.15, 0.2) is 0 Å². The van der Waals surface area contributed by atoms with E-state index < -0.39 is 0 Å². The lowest BCUT2D eigenvalue weighted by atomic mass is 9.95. The molecule has 0 spiro atoms. The van der Waals surface area contributed by atoms with Gasteiger partial charge in [0.2, 0.25) is 5.91 Å². The lowest BCUT2D eigenvalue weighted by Gasteiger charge is -2.16. The standard InChI is InChI=1S/C17H16BrNO2/c18-14-5-3-13(4-6-14)17(9-10-17)16(21)19-15-7-1-12(11-20)2-8-15/h1-8,20H,9-11H2,(H,19,21). The number of anilines is 1. The third-order valence-corrected chi connectivity index (χ3v) is 4.50. The molecular weight excluding hydrogens is 330 g/mol. The third-order valence-electron chi connectivity index (χ3n) is 3.98. The Morgan fingerprint density at radius 2 is 1.71 bits per heavy atom. The molecule has 1 fully saturated rings. The second-order valence-corrected chi connectivity index (χ2v) is 6.31. The van der Waals surface area contributed by atoms with Gasteiger partial charge >= 0.3 is 0 Å². The summed E-state index contributed by atoms with van der Waals surface area (Å²) in [6.45, 7) is 0.0110. The number of amides is 1. The van der Waals surface area contributed by atoms with Gasteiger partial charge in [0.1, 0.15) is 0 Å². The van der Waals surface area contributed by atoms with Crippen LogP contribution in [0.15, 0.2) is 53.0 Å². The van der Waals surface area contributed by atoms with Crippen LogP contribution in [0.2, 0.25) is 0 Å². The summed E-state index contributed by atoms with van der Waals surface area (Å²) in [5, 5.41) is 12.0. The van der Waals surface area contributed by atoms with Crippen molar-refractivity contribution in [3.8, 4) is 0 Å². The van der Waals surface area contributed by atoms with Crippen LogP contribution >= 0.6 is 15.9 Å². The molecule has 0 aromatic heterocycles. The maximum Gasteiger partial charge on any atom is 0.235 e. The highest BCUT2D eigenvalue weighted by molar-refractivity contribution is 9.10. The highest BCUT2D eigenvalue weighted by atomic mass is 79.9. The highest BCUT2D eigenvalue weighted by Gasteiger charge is 2.51. The smallest absolute Gasteiger partial charge is 0.235 e. The molecule has 1 aliphatic rings. The second kappa shape index (κ2) is 5.62. The van der Waals surface area contributed by atoms with Gasteiger partial charge < -0.3 is 10.4 Å². The predicted octanol–water partition coefficient (Wildman–Crippen LogP) is 3.61. The van der Waals surface area contributed by atoms with E-state index in [4.69, 9.17) is 5.11 Å².